The first kappa shape index (κ1) is 17.3. The van der Waals surface area contributed by atoms with Crippen LogP contribution in [0.25, 0.3) is 0 Å². The number of nitrogens with one attached hydrogen (secondary N) is 1. The van der Waals surface area contributed by atoms with Crippen LogP contribution in [-0.4, -0.2) is 80.7 Å². The van der Waals surface area contributed by atoms with Crippen LogP contribution in [0.3, 0.4) is 0 Å². The molecule has 2 heterocycles. The Kier molecular flexibility index (Phi) is 4.90. The number of hydrogen-bond donors (Lipinski definition) is 1. The van der Waals surface area contributed by atoms with E-state index in [1.165, 1.54) is 9.80 Å². The van der Waals surface area contributed by atoms with Crippen LogP contribution in [0, 0.1) is 0 Å². The summed E-state index contributed by atoms with van der Waals surface area (Å²) in [7, 11) is -3.18. The highest BCUT2D eigenvalue weighted by molar-refractivity contribution is 7.91. The number of likely N-dealkylation sites (tertiary alicyclic amines) is 2. The summed E-state index contributed by atoms with van der Waals surface area (Å²) in [6.07, 6.45) is -2.23. The number of rotatable bonds is 3. The van der Waals surface area contributed by atoms with Crippen molar-refractivity contribution in [3.05, 3.63) is 0 Å². The largest absolute Gasteiger partial charge is 0.401 e. The molecule has 2 rings (SSSR count). The van der Waals surface area contributed by atoms with Gasteiger partial charge in [0, 0.05) is 38.5 Å². The number of alkyl halides is 3. The van der Waals surface area contributed by atoms with Gasteiger partial charge >= 0.3 is 12.2 Å². The lowest BCUT2D eigenvalue weighted by Crippen LogP contribution is -2.46. The summed E-state index contributed by atoms with van der Waals surface area (Å²) in [6, 6.07) is -0.725. The summed E-state index contributed by atoms with van der Waals surface area (Å²) < 4.78 is 59.8. The topological polar surface area (TPSA) is 69.7 Å². The Morgan fingerprint density at radius 3 is 2.45 bits per heavy atom. The van der Waals surface area contributed by atoms with Gasteiger partial charge in [-0.3, -0.25) is 4.90 Å². The van der Waals surface area contributed by atoms with Gasteiger partial charge in [0.1, 0.15) is 0 Å². The third-order valence-electron chi connectivity index (χ3n) is 4.04. The molecular formula is C12H20F3N3O3S. The molecule has 0 bridgehead atoms. The van der Waals surface area contributed by atoms with Crippen LogP contribution in [0.4, 0.5) is 18.0 Å². The van der Waals surface area contributed by atoms with Crippen molar-refractivity contribution in [2.24, 2.45) is 0 Å². The van der Waals surface area contributed by atoms with Crippen LogP contribution in [0.15, 0.2) is 0 Å². The minimum absolute atomic E-state index is 0.143. The molecule has 2 aliphatic heterocycles. The predicted octanol–water partition coefficient (Wildman–Crippen LogP) is 0.452. The molecule has 2 unspecified atom stereocenters. The van der Waals surface area contributed by atoms with E-state index in [0.717, 1.165) is 6.26 Å². The van der Waals surface area contributed by atoms with Crippen molar-refractivity contribution in [3.8, 4) is 0 Å². The summed E-state index contributed by atoms with van der Waals surface area (Å²) in [5.74, 6) is 0. The molecule has 0 aromatic carbocycles. The van der Waals surface area contributed by atoms with Crippen LogP contribution in [-0.2, 0) is 9.84 Å². The summed E-state index contributed by atoms with van der Waals surface area (Å²) in [6.45, 7) is -0.0313. The summed E-state index contributed by atoms with van der Waals surface area (Å²) in [4.78, 5) is 14.7. The number of amides is 2. The van der Waals surface area contributed by atoms with Gasteiger partial charge in [-0.1, -0.05) is 0 Å². The van der Waals surface area contributed by atoms with Gasteiger partial charge in [0.05, 0.1) is 11.8 Å². The van der Waals surface area contributed by atoms with Crippen LogP contribution < -0.4 is 5.32 Å². The molecule has 1 N–H and O–H groups in total. The zero-order chi connectivity index (χ0) is 16.5. The van der Waals surface area contributed by atoms with Gasteiger partial charge in [-0.15, -0.1) is 0 Å². The smallest absolute Gasteiger partial charge is 0.334 e. The molecule has 10 heteroatoms. The highest BCUT2D eigenvalue weighted by Gasteiger charge is 2.36. The van der Waals surface area contributed by atoms with E-state index in [2.05, 4.69) is 5.32 Å². The lowest BCUT2D eigenvalue weighted by atomic mass is 10.3. The average Bonchev–Trinajstić information content (AvgIpc) is 2.95. The average molecular weight is 343 g/mol. The minimum atomic E-state index is -4.24. The number of hydrogen-bond acceptors (Lipinski definition) is 4. The molecule has 2 atom stereocenters. The van der Waals surface area contributed by atoms with Crippen LogP contribution in [0.2, 0.25) is 0 Å². The van der Waals surface area contributed by atoms with E-state index in [0.29, 0.717) is 19.4 Å². The molecule has 0 aliphatic carbocycles. The van der Waals surface area contributed by atoms with Crippen molar-refractivity contribution in [1.29, 1.82) is 0 Å². The maximum atomic E-state index is 12.3. The van der Waals surface area contributed by atoms with Crippen molar-refractivity contribution in [3.63, 3.8) is 0 Å². The van der Waals surface area contributed by atoms with Crippen molar-refractivity contribution in [2.75, 3.05) is 39.0 Å². The quantitative estimate of drug-likeness (QED) is 0.808. The van der Waals surface area contributed by atoms with Crippen molar-refractivity contribution < 1.29 is 26.4 Å². The number of carbonyl (C=O) groups is 1. The Labute approximate surface area is 127 Å². The van der Waals surface area contributed by atoms with Gasteiger partial charge in [0.15, 0.2) is 9.84 Å². The zero-order valence-corrected chi connectivity index (χ0v) is 13.1. The lowest BCUT2D eigenvalue weighted by Gasteiger charge is -2.21. The highest BCUT2D eigenvalue weighted by atomic mass is 32.2. The second-order valence-corrected chi connectivity index (χ2v) is 8.30. The fourth-order valence-electron chi connectivity index (χ4n) is 2.88. The molecule has 22 heavy (non-hydrogen) atoms. The zero-order valence-electron chi connectivity index (χ0n) is 12.3. The monoisotopic (exact) mass is 343 g/mol. The van der Waals surface area contributed by atoms with E-state index in [1.54, 1.807) is 0 Å². The van der Waals surface area contributed by atoms with E-state index in [4.69, 9.17) is 0 Å². The Bertz CT molecular complexity index is 523. The third-order valence-corrected chi connectivity index (χ3v) is 5.64. The Morgan fingerprint density at radius 1 is 1.23 bits per heavy atom. The molecule has 6 nitrogen and oxygen atoms in total. The SMILES string of the molecule is CS(=O)(=O)C1CCN(C(=O)NC2CCN(CC(F)(F)F)C2)C1. The first-order valence-corrected chi connectivity index (χ1v) is 9.03. The summed E-state index contributed by atoms with van der Waals surface area (Å²) in [5, 5.41) is 2.14. The number of carbonyl (C=O) groups excluding carboxylic acids is 1. The standard InChI is InChI=1S/C12H20F3N3O3S/c1-22(20,21)10-3-5-18(7-10)11(19)16-9-2-4-17(6-9)8-12(13,14)15/h9-10H,2-8H2,1H3,(H,16,19). The second-order valence-electron chi connectivity index (χ2n) is 5.97. The number of urea groups is 1. The van der Waals surface area contributed by atoms with E-state index >= 15 is 0 Å². The van der Waals surface area contributed by atoms with Gasteiger partial charge < -0.3 is 10.2 Å². The molecule has 0 aromatic rings. The molecule has 2 saturated heterocycles. The van der Waals surface area contributed by atoms with Crippen LogP contribution in [0.5, 0.6) is 0 Å². The molecule has 2 aliphatic rings. The first-order chi connectivity index (χ1) is 10.0. The Balaban J connectivity index is 1.79. The van der Waals surface area contributed by atoms with E-state index in [9.17, 15) is 26.4 Å². The fourth-order valence-corrected chi connectivity index (χ4v) is 3.86. The molecule has 0 radical (unpaired) electrons. The molecule has 0 aromatic heterocycles. The highest BCUT2D eigenvalue weighted by Crippen LogP contribution is 2.21. The molecule has 0 spiro atoms. The third kappa shape index (κ3) is 4.73. The van der Waals surface area contributed by atoms with E-state index in [-0.39, 0.29) is 25.7 Å². The van der Waals surface area contributed by atoms with Crippen molar-refractivity contribution in [1.82, 2.24) is 15.1 Å². The van der Waals surface area contributed by atoms with Gasteiger partial charge in [-0.2, -0.15) is 13.2 Å². The van der Waals surface area contributed by atoms with E-state index in [1.807, 2.05) is 0 Å². The van der Waals surface area contributed by atoms with Crippen molar-refractivity contribution >= 4 is 15.9 Å². The molecule has 2 fully saturated rings. The van der Waals surface area contributed by atoms with E-state index < -0.39 is 33.8 Å². The fraction of sp³-hybridized carbons (Fsp3) is 0.917. The number of nitrogens with zero attached hydrogens (tertiary/aromatic N) is 2. The maximum Gasteiger partial charge on any atom is 0.401 e. The first-order valence-electron chi connectivity index (χ1n) is 7.08. The summed E-state index contributed by atoms with van der Waals surface area (Å²) >= 11 is 0. The Hall–Kier alpha value is -1.03. The normalized spacial score (nSPS) is 27.4. The Morgan fingerprint density at radius 2 is 1.91 bits per heavy atom. The second kappa shape index (κ2) is 6.23. The molecule has 128 valence electrons. The van der Waals surface area contributed by atoms with Gasteiger partial charge in [0.2, 0.25) is 0 Å². The maximum absolute atomic E-state index is 12.3. The summed E-state index contributed by atoms with van der Waals surface area (Å²) in [5.41, 5.74) is 0. The van der Waals surface area contributed by atoms with Crippen molar-refractivity contribution in [2.45, 2.75) is 30.3 Å². The van der Waals surface area contributed by atoms with Crippen LogP contribution >= 0.6 is 0 Å². The predicted molar refractivity (Wildman–Crippen MR) is 74.3 cm³/mol. The minimum Gasteiger partial charge on any atom is -0.334 e. The van der Waals surface area contributed by atoms with Crippen LogP contribution in [0.1, 0.15) is 12.8 Å². The molecule has 0 saturated carbocycles. The number of sulfone groups is 1. The number of halogens is 3. The molecular weight excluding hydrogens is 323 g/mol. The van der Waals surface area contributed by atoms with Gasteiger partial charge in [0.25, 0.3) is 0 Å². The molecule has 2 amide bonds. The van der Waals surface area contributed by atoms with Gasteiger partial charge in [-0.05, 0) is 12.8 Å². The lowest BCUT2D eigenvalue weighted by molar-refractivity contribution is -0.143. The van der Waals surface area contributed by atoms with Gasteiger partial charge in [-0.25, -0.2) is 13.2 Å².